The highest BCUT2D eigenvalue weighted by atomic mass is 32.1. The number of aromatic nitrogens is 1. The summed E-state index contributed by atoms with van der Waals surface area (Å²) in [5.41, 5.74) is 1.66. The molecule has 4 rings (SSSR count). The Labute approximate surface area is 216 Å². The van der Waals surface area contributed by atoms with Crippen molar-refractivity contribution in [2.75, 3.05) is 20.8 Å². The molecule has 1 unspecified atom stereocenters. The lowest BCUT2D eigenvalue weighted by molar-refractivity contribution is -0.139. The van der Waals surface area contributed by atoms with E-state index in [4.69, 9.17) is 18.9 Å². The molecule has 1 aromatic heterocycles. The van der Waals surface area contributed by atoms with Crippen LogP contribution in [0.1, 0.15) is 37.9 Å². The molecule has 0 saturated carbocycles. The molecule has 0 amide bonds. The molecular weight excluding hydrogens is 496 g/mol. The highest BCUT2D eigenvalue weighted by Gasteiger charge is 2.34. The monoisotopic (exact) mass is 522 g/mol. The van der Waals surface area contributed by atoms with E-state index in [1.807, 2.05) is 24.3 Å². The van der Waals surface area contributed by atoms with Gasteiger partial charge in [-0.15, -0.1) is 0 Å². The van der Waals surface area contributed by atoms with Gasteiger partial charge in [-0.05, 0) is 43.7 Å². The Morgan fingerprint density at radius 1 is 1.08 bits per heavy atom. The number of fused-ring (bicyclic) bond motifs is 1. The largest absolute Gasteiger partial charge is 0.496 e. The number of carbonyl (C=O) groups excluding carboxylic acids is 2. The van der Waals surface area contributed by atoms with Crippen LogP contribution in [0.15, 0.2) is 63.5 Å². The van der Waals surface area contributed by atoms with Gasteiger partial charge in [0.25, 0.3) is 5.56 Å². The predicted molar refractivity (Wildman–Crippen MR) is 138 cm³/mol. The van der Waals surface area contributed by atoms with Gasteiger partial charge in [0.2, 0.25) is 0 Å². The molecule has 0 N–H and O–H groups in total. The van der Waals surface area contributed by atoms with Crippen molar-refractivity contribution < 1.29 is 28.5 Å². The molecule has 0 fully saturated rings. The van der Waals surface area contributed by atoms with Crippen LogP contribution in [0.2, 0.25) is 0 Å². The number of para-hydroxylation sites is 1. The number of ether oxygens (including phenoxy) is 4. The van der Waals surface area contributed by atoms with E-state index in [9.17, 15) is 14.4 Å². The van der Waals surface area contributed by atoms with Gasteiger partial charge in [-0.2, -0.15) is 0 Å². The lowest BCUT2D eigenvalue weighted by atomic mass is 9.95. The third-order valence-electron chi connectivity index (χ3n) is 5.70. The fourth-order valence-electron chi connectivity index (χ4n) is 4.13. The molecule has 9 nitrogen and oxygen atoms in total. The van der Waals surface area contributed by atoms with Crippen LogP contribution in [0.4, 0.5) is 0 Å². The van der Waals surface area contributed by atoms with Crippen LogP contribution in [0.25, 0.3) is 6.08 Å². The second kappa shape index (κ2) is 10.8. The molecule has 3 aromatic rings. The molecule has 1 atom stereocenters. The molecule has 0 radical (unpaired) electrons. The zero-order valence-corrected chi connectivity index (χ0v) is 21.9. The number of esters is 2. The van der Waals surface area contributed by atoms with Gasteiger partial charge in [-0.3, -0.25) is 14.2 Å². The summed E-state index contributed by atoms with van der Waals surface area (Å²) in [6.07, 6.45) is 1.74. The Balaban J connectivity index is 1.96. The first-order chi connectivity index (χ1) is 17.8. The minimum atomic E-state index is -0.838. The first-order valence-electron chi connectivity index (χ1n) is 11.5. The number of carbonyl (C=O) groups is 2. The zero-order chi connectivity index (χ0) is 26.7. The lowest BCUT2D eigenvalue weighted by Gasteiger charge is -2.25. The number of hydrogen-bond donors (Lipinski definition) is 0. The van der Waals surface area contributed by atoms with Crippen LogP contribution in [0.3, 0.4) is 0 Å². The summed E-state index contributed by atoms with van der Waals surface area (Å²) < 4.78 is 23.3. The van der Waals surface area contributed by atoms with Gasteiger partial charge in [0.1, 0.15) is 5.75 Å². The maximum absolute atomic E-state index is 13.8. The van der Waals surface area contributed by atoms with Crippen molar-refractivity contribution in [1.82, 2.24) is 4.57 Å². The summed E-state index contributed by atoms with van der Waals surface area (Å²) >= 11 is 1.21. The maximum Gasteiger partial charge on any atom is 0.338 e. The number of thiazole rings is 1. The maximum atomic E-state index is 13.8. The number of methoxy groups -OCH3 is 2. The number of hydrogen-bond acceptors (Lipinski definition) is 9. The van der Waals surface area contributed by atoms with Gasteiger partial charge in [0.15, 0.2) is 16.3 Å². The molecular formula is C27H26N2O7S. The third-order valence-corrected chi connectivity index (χ3v) is 6.68. The topological polar surface area (TPSA) is 105 Å². The highest BCUT2D eigenvalue weighted by molar-refractivity contribution is 7.07. The van der Waals surface area contributed by atoms with Gasteiger partial charge in [-0.1, -0.05) is 35.6 Å². The summed E-state index contributed by atoms with van der Waals surface area (Å²) in [6, 6.07) is 11.4. The van der Waals surface area contributed by atoms with E-state index in [1.165, 1.54) is 29.9 Å². The normalized spacial score (nSPS) is 15.1. The van der Waals surface area contributed by atoms with Crippen molar-refractivity contribution in [3.05, 3.63) is 84.5 Å². The van der Waals surface area contributed by atoms with Crippen molar-refractivity contribution in [3.8, 4) is 17.2 Å². The molecule has 2 heterocycles. The first-order valence-corrected chi connectivity index (χ1v) is 12.3. The van der Waals surface area contributed by atoms with Crippen molar-refractivity contribution in [3.63, 3.8) is 0 Å². The molecule has 0 saturated heterocycles. The summed E-state index contributed by atoms with van der Waals surface area (Å²) in [5, 5.41) is 0. The van der Waals surface area contributed by atoms with Gasteiger partial charge in [0, 0.05) is 12.5 Å². The van der Waals surface area contributed by atoms with E-state index in [0.717, 1.165) is 5.56 Å². The standard InChI is InChI=1S/C27H26N2O7S/c1-6-35-26(32)23-15(2)28-27-29(24(23)18-11-12-20(36-16(3)30)21(13-18)34-5)25(31)22(37-27)14-17-9-7-8-10-19(17)33-4/h7-14,24H,6H2,1-5H3. The van der Waals surface area contributed by atoms with Crippen LogP contribution in [0, 0.1) is 0 Å². The van der Waals surface area contributed by atoms with Gasteiger partial charge >= 0.3 is 11.9 Å². The molecule has 0 aliphatic carbocycles. The minimum Gasteiger partial charge on any atom is -0.496 e. The Kier molecular flexibility index (Phi) is 7.58. The Bertz CT molecular complexity index is 1580. The Morgan fingerprint density at radius 3 is 2.49 bits per heavy atom. The molecule has 0 spiro atoms. The van der Waals surface area contributed by atoms with E-state index in [0.29, 0.717) is 26.3 Å². The van der Waals surface area contributed by atoms with Crippen LogP contribution in [-0.4, -0.2) is 37.3 Å². The first kappa shape index (κ1) is 25.9. The Morgan fingerprint density at radius 2 is 1.81 bits per heavy atom. The third kappa shape index (κ3) is 5.05. The van der Waals surface area contributed by atoms with Crippen LogP contribution in [0.5, 0.6) is 17.2 Å². The van der Waals surface area contributed by atoms with Crippen molar-refractivity contribution in [1.29, 1.82) is 0 Å². The predicted octanol–water partition coefficient (Wildman–Crippen LogP) is 2.74. The van der Waals surface area contributed by atoms with Crippen molar-refractivity contribution in [2.45, 2.75) is 26.8 Å². The fraction of sp³-hybridized carbons (Fsp3) is 0.259. The Hall–Kier alpha value is -4.18. The summed E-state index contributed by atoms with van der Waals surface area (Å²) in [6.45, 7) is 4.87. The second-order valence-corrected chi connectivity index (χ2v) is 9.06. The summed E-state index contributed by atoms with van der Waals surface area (Å²) in [5.74, 6) is 0.0515. The summed E-state index contributed by atoms with van der Waals surface area (Å²) in [4.78, 5) is 43.4. The quantitative estimate of drug-likeness (QED) is 0.347. The van der Waals surface area contributed by atoms with Gasteiger partial charge in [-0.25, -0.2) is 9.79 Å². The van der Waals surface area contributed by atoms with E-state index < -0.39 is 18.0 Å². The molecule has 2 aromatic carbocycles. The molecule has 1 aliphatic heterocycles. The number of benzene rings is 2. The zero-order valence-electron chi connectivity index (χ0n) is 21.1. The molecule has 1 aliphatic rings. The highest BCUT2D eigenvalue weighted by Crippen LogP contribution is 2.36. The smallest absolute Gasteiger partial charge is 0.338 e. The summed E-state index contributed by atoms with van der Waals surface area (Å²) in [7, 11) is 3.01. The van der Waals surface area contributed by atoms with Crippen molar-refractivity contribution in [2.24, 2.45) is 4.99 Å². The molecule has 192 valence electrons. The van der Waals surface area contributed by atoms with E-state index >= 15 is 0 Å². The number of allylic oxidation sites excluding steroid dienone is 1. The average molecular weight is 523 g/mol. The number of nitrogens with zero attached hydrogens (tertiary/aromatic N) is 2. The van der Waals surface area contributed by atoms with E-state index in [2.05, 4.69) is 4.99 Å². The van der Waals surface area contributed by atoms with Crippen LogP contribution in [-0.2, 0) is 14.3 Å². The average Bonchev–Trinajstić information content (AvgIpc) is 3.17. The minimum absolute atomic E-state index is 0.162. The van der Waals surface area contributed by atoms with Gasteiger partial charge in [0.05, 0.1) is 42.7 Å². The van der Waals surface area contributed by atoms with Crippen LogP contribution >= 0.6 is 11.3 Å². The molecule has 0 bridgehead atoms. The van der Waals surface area contributed by atoms with E-state index in [-0.39, 0.29) is 29.2 Å². The van der Waals surface area contributed by atoms with E-state index in [1.54, 1.807) is 45.2 Å². The SMILES string of the molecule is CCOC(=O)C1=C(C)N=c2sc(=Cc3ccccc3OC)c(=O)n2C1c1ccc(OC(C)=O)c(OC)c1. The van der Waals surface area contributed by atoms with Gasteiger partial charge < -0.3 is 18.9 Å². The van der Waals surface area contributed by atoms with Crippen LogP contribution < -0.4 is 29.1 Å². The fourth-order valence-corrected chi connectivity index (χ4v) is 5.16. The van der Waals surface area contributed by atoms with Crippen molar-refractivity contribution >= 4 is 29.4 Å². The molecule has 10 heteroatoms. The molecule has 37 heavy (non-hydrogen) atoms. The number of rotatable bonds is 7. The second-order valence-electron chi connectivity index (χ2n) is 8.05. The lowest BCUT2D eigenvalue weighted by Crippen LogP contribution is -2.40.